The van der Waals surface area contributed by atoms with E-state index in [4.69, 9.17) is 11.6 Å². The maximum Gasteiger partial charge on any atom is 0.271 e. The molecule has 146 valence electrons. The quantitative estimate of drug-likeness (QED) is 0.716. The lowest BCUT2D eigenvalue weighted by Crippen LogP contribution is -2.43. The Morgan fingerprint density at radius 2 is 2.04 bits per heavy atom. The van der Waals surface area contributed by atoms with Crippen molar-refractivity contribution in [2.45, 2.75) is 25.7 Å². The Balaban J connectivity index is 1.63. The molecule has 0 unspecified atom stereocenters. The molecule has 0 saturated carbocycles. The summed E-state index contributed by atoms with van der Waals surface area (Å²) in [6, 6.07) is 4.57. The summed E-state index contributed by atoms with van der Waals surface area (Å²) < 4.78 is 22.9. The molecule has 2 N–H and O–H groups in total. The lowest BCUT2D eigenvalue weighted by Gasteiger charge is -2.20. The van der Waals surface area contributed by atoms with E-state index in [1.54, 1.807) is 6.07 Å². The van der Waals surface area contributed by atoms with Gasteiger partial charge in [-0.25, -0.2) is 8.42 Å². The lowest BCUT2D eigenvalue weighted by molar-refractivity contribution is -0.122. The van der Waals surface area contributed by atoms with Crippen LogP contribution in [-0.4, -0.2) is 44.2 Å². The van der Waals surface area contributed by atoms with E-state index < -0.39 is 21.7 Å². The molecular weight excluding hydrogens is 394 g/mol. The van der Waals surface area contributed by atoms with Crippen molar-refractivity contribution in [1.29, 1.82) is 0 Å². The average Bonchev–Trinajstić information content (AvgIpc) is 3.17. The second-order valence-corrected chi connectivity index (χ2v) is 9.45. The zero-order valence-corrected chi connectivity index (χ0v) is 16.1. The van der Waals surface area contributed by atoms with Gasteiger partial charge in [-0.2, -0.15) is 0 Å². The minimum Gasteiger partial charge on any atom is -0.312 e. The molecule has 1 aromatic rings. The van der Waals surface area contributed by atoms with E-state index in [0.717, 1.165) is 0 Å². The summed E-state index contributed by atoms with van der Waals surface area (Å²) >= 11 is 6.00. The monoisotopic (exact) mass is 413 g/mol. The molecule has 8 nitrogen and oxygen atoms in total. The number of rotatable bonds is 4. The Hall–Kier alpha value is -2.13. The zero-order chi connectivity index (χ0) is 19.6. The predicted molar refractivity (Wildman–Crippen MR) is 100 cm³/mol. The van der Waals surface area contributed by atoms with E-state index >= 15 is 0 Å². The minimum atomic E-state index is -3.06. The smallest absolute Gasteiger partial charge is 0.271 e. The molecule has 1 aromatic carbocycles. The number of amides is 3. The fraction of sp³-hybridized carbons (Fsp3) is 0.471. The van der Waals surface area contributed by atoms with Crippen LogP contribution in [0.5, 0.6) is 0 Å². The van der Waals surface area contributed by atoms with Gasteiger partial charge in [0.1, 0.15) is 0 Å². The van der Waals surface area contributed by atoms with Gasteiger partial charge in [-0.15, -0.1) is 0 Å². The summed E-state index contributed by atoms with van der Waals surface area (Å²) in [5.41, 5.74) is 5.25. The Bertz CT molecular complexity index is 887. The van der Waals surface area contributed by atoms with Crippen LogP contribution >= 0.6 is 11.6 Å². The minimum absolute atomic E-state index is 0.00717. The van der Waals surface area contributed by atoms with Crippen LogP contribution in [0.1, 0.15) is 36.0 Å². The maximum absolute atomic E-state index is 12.5. The van der Waals surface area contributed by atoms with Gasteiger partial charge >= 0.3 is 0 Å². The van der Waals surface area contributed by atoms with Crippen LogP contribution in [0.25, 0.3) is 0 Å². The molecule has 2 fully saturated rings. The Kier molecular flexibility index (Phi) is 5.71. The van der Waals surface area contributed by atoms with Crippen LogP contribution in [-0.2, 0) is 19.4 Å². The van der Waals surface area contributed by atoms with Crippen molar-refractivity contribution in [3.05, 3.63) is 28.8 Å². The van der Waals surface area contributed by atoms with E-state index in [2.05, 4.69) is 10.9 Å². The molecule has 0 aromatic heterocycles. The fourth-order valence-electron chi connectivity index (χ4n) is 3.36. The second-order valence-electron chi connectivity index (χ2n) is 6.79. The highest BCUT2D eigenvalue weighted by Gasteiger charge is 2.30. The first-order valence-corrected chi connectivity index (χ1v) is 10.8. The van der Waals surface area contributed by atoms with Crippen LogP contribution in [0, 0.1) is 5.92 Å². The van der Waals surface area contributed by atoms with Gasteiger partial charge in [0.15, 0.2) is 9.84 Å². The highest BCUT2D eigenvalue weighted by atomic mass is 35.5. The summed E-state index contributed by atoms with van der Waals surface area (Å²) in [5.74, 6) is -1.27. The standard InChI is InChI=1S/C17H20ClN3O5S/c18-12-3-4-13(14(9-12)21-6-1-2-16(21)23)17(24)20-19-15(22)8-11-5-7-27(25,26)10-11/h3-4,9,11H,1-2,5-8,10H2,(H,19,22)(H,20,24)/t11-/m1/s1. The fourth-order valence-corrected chi connectivity index (χ4v) is 5.39. The molecule has 2 aliphatic rings. The van der Waals surface area contributed by atoms with Gasteiger partial charge in [0, 0.05) is 24.4 Å². The number of nitrogens with zero attached hydrogens (tertiary/aromatic N) is 1. The molecule has 10 heteroatoms. The van der Waals surface area contributed by atoms with Gasteiger partial charge in [-0.1, -0.05) is 11.6 Å². The first-order valence-electron chi connectivity index (χ1n) is 8.65. The van der Waals surface area contributed by atoms with E-state index in [1.807, 2.05) is 0 Å². The summed E-state index contributed by atoms with van der Waals surface area (Å²) in [4.78, 5) is 38.0. The first-order chi connectivity index (χ1) is 12.7. The van der Waals surface area contributed by atoms with Gasteiger partial charge in [0.25, 0.3) is 5.91 Å². The number of sulfone groups is 1. The summed E-state index contributed by atoms with van der Waals surface area (Å²) in [7, 11) is -3.06. The van der Waals surface area contributed by atoms with Crippen molar-refractivity contribution in [3.8, 4) is 0 Å². The second kappa shape index (κ2) is 7.85. The van der Waals surface area contributed by atoms with Crippen molar-refractivity contribution in [2.24, 2.45) is 5.92 Å². The highest BCUT2D eigenvalue weighted by Crippen LogP contribution is 2.28. The number of hydrogen-bond acceptors (Lipinski definition) is 5. The number of carbonyl (C=O) groups is 3. The van der Waals surface area contributed by atoms with Crippen LogP contribution in [0.4, 0.5) is 5.69 Å². The van der Waals surface area contributed by atoms with Gasteiger partial charge in [-0.05, 0) is 37.0 Å². The van der Waals surface area contributed by atoms with Crippen molar-refractivity contribution in [3.63, 3.8) is 0 Å². The van der Waals surface area contributed by atoms with E-state index in [0.29, 0.717) is 36.5 Å². The van der Waals surface area contributed by atoms with Crippen LogP contribution in [0.15, 0.2) is 18.2 Å². The molecule has 0 spiro atoms. The SMILES string of the molecule is O=C(C[C@H]1CCS(=O)(=O)C1)NNC(=O)c1ccc(Cl)cc1N1CCCC1=O. The van der Waals surface area contributed by atoms with Crippen molar-refractivity contribution in [1.82, 2.24) is 10.9 Å². The molecule has 1 atom stereocenters. The molecule has 3 amide bonds. The topological polar surface area (TPSA) is 113 Å². The molecule has 2 heterocycles. The largest absolute Gasteiger partial charge is 0.312 e. The number of hydrazine groups is 1. The number of nitrogens with one attached hydrogen (secondary N) is 2. The lowest BCUT2D eigenvalue weighted by atomic mass is 10.1. The number of anilines is 1. The molecule has 2 aliphatic heterocycles. The number of halogens is 1. The normalized spacial score (nSPS) is 21.3. The van der Waals surface area contributed by atoms with E-state index in [1.165, 1.54) is 17.0 Å². The third-order valence-corrected chi connectivity index (χ3v) is 6.76. The maximum atomic E-state index is 12.5. The zero-order valence-electron chi connectivity index (χ0n) is 14.5. The number of hydrogen-bond donors (Lipinski definition) is 2. The number of benzene rings is 1. The molecule has 0 aliphatic carbocycles. The average molecular weight is 414 g/mol. The van der Waals surface area contributed by atoms with Crippen molar-refractivity contribution in [2.75, 3.05) is 23.0 Å². The van der Waals surface area contributed by atoms with Gasteiger partial charge in [-0.3, -0.25) is 25.2 Å². The third-order valence-electron chi connectivity index (χ3n) is 4.68. The highest BCUT2D eigenvalue weighted by molar-refractivity contribution is 7.91. The first kappa shape index (κ1) is 19.6. The Morgan fingerprint density at radius 1 is 1.26 bits per heavy atom. The molecule has 27 heavy (non-hydrogen) atoms. The Labute approximate surface area is 162 Å². The van der Waals surface area contributed by atoms with Crippen molar-refractivity contribution < 1.29 is 22.8 Å². The van der Waals surface area contributed by atoms with Gasteiger partial charge in [0.2, 0.25) is 11.8 Å². The molecular formula is C17H20ClN3O5S. The molecule has 0 radical (unpaired) electrons. The van der Waals surface area contributed by atoms with Gasteiger partial charge in [0.05, 0.1) is 22.8 Å². The van der Waals surface area contributed by atoms with Gasteiger partial charge < -0.3 is 4.90 Å². The van der Waals surface area contributed by atoms with Crippen LogP contribution in [0.3, 0.4) is 0 Å². The van der Waals surface area contributed by atoms with Crippen LogP contribution < -0.4 is 15.8 Å². The molecule has 0 bridgehead atoms. The van der Waals surface area contributed by atoms with Crippen molar-refractivity contribution >= 4 is 44.8 Å². The summed E-state index contributed by atoms with van der Waals surface area (Å²) in [5, 5.41) is 0.396. The summed E-state index contributed by atoms with van der Waals surface area (Å²) in [6.45, 7) is 0.502. The Morgan fingerprint density at radius 3 is 2.67 bits per heavy atom. The summed E-state index contributed by atoms with van der Waals surface area (Å²) in [6.07, 6.45) is 1.59. The number of carbonyl (C=O) groups excluding carboxylic acids is 3. The third kappa shape index (κ3) is 4.78. The predicted octanol–water partition coefficient (Wildman–Crippen LogP) is 1.05. The molecule has 2 saturated heterocycles. The van der Waals surface area contributed by atoms with Crippen LogP contribution in [0.2, 0.25) is 5.02 Å². The van der Waals surface area contributed by atoms with E-state index in [-0.39, 0.29) is 35.3 Å². The van der Waals surface area contributed by atoms with E-state index in [9.17, 15) is 22.8 Å². The molecule has 3 rings (SSSR count).